The summed E-state index contributed by atoms with van der Waals surface area (Å²) in [6, 6.07) is 4.38. The van der Waals surface area contributed by atoms with Crippen LogP contribution in [0.2, 0.25) is 0 Å². The van der Waals surface area contributed by atoms with E-state index in [1.54, 1.807) is 6.07 Å². The summed E-state index contributed by atoms with van der Waals surface area (Å²) in [5, 5.41) is 6.26. The van der Waals surface area contributed by atoms with Crippen LogP contribution in [0.1, 0.15) is 30.7 Å². The van der Waals surface area contributed by atoms with Gasteiger partial charge < -0.3 is 10.6 Å². The Labute approximate surface area is 116 Å². The third-order valence-electron chi connectivity index (χ3n) is 4.19. The topological polar surface area (TPSA) is 41.1 Å². The first-order chi connectivity index (χ1) is 9.66. The molecule has 1 saturated carbocycles. The van der Waals surface area contributed by atoms with Crippen molar-refractivity contribution < 1.29 is 13.6 Å². The smallest absolute Gasteiger partial charge is 0.223 e. The molecule has 0 spiro atoms. The van der Waals surface area contributed by atoms with Crippen molar-refractivity contribution in [2.24, 2.45) is 5.92 Å². The molecular weight excluding hydrogens is 262 g/mol. The molecule has 1 aliphatic heterocycles. The largest absolute Gasteiger partial charge is 0.353 e. The van der Waals surface area contributed by atoms with E-state index >= 15 is 0 Å². The van der Waals surface area contributed by atoms with E-state index in [1.165, 1.54) is 6.07 Å². The van der Waals surface area contributed by atoms with Crippen molar-refractivity contribution in [3.8, 4) is 0 Å². The van der Waals surface area contributed by atoms with E-state index in [4.69, 9.17) is 0 Å². The third-order valence-corrected chi connectivity index (χ3v) is 4.19. The van der Waals surface area contributed by atoms with Gasteiger partial charge in [-0.25, -0.2) is 8.78 Å². The number of hydrogen-bond donors (Lipinski definition) is 2. The zero-order valence-corrected chi connectivity index (χ0v) is 11.2. The molecule has 1 aromatic carbocycles. The number of rotatable bonds is 3. The number of piperidine rings is 1. The lowest BCUT2D eigenvalue weighted by atomic mass is 10.1. The lowest BCUT2D eigenvalue weighted by molar-refractivity contribution is -0.123. The van der Waals surface area contributed by atoms with Gasteiger partial charge >= 0.3 is 0 Å². The maximum Gasteiger partial charge on any atom is 0.223 e. The van der Waals surface area contributed by atoms with E-state index in [1.807, 2.05) is 0 Å². The first kappa shape index (κ1) is 13.5. The highest BCUT2D eigenvalue weighted by Gasteiger charge is 2.45. The van der Waals surface area contributed by atoms with E-state index in [-0.39, 0.29) is 23.8 Å². The molecule has 1 saturated heterocycles. The summed E-state index contributed by atoms with van der Waals surface area (Å²) in [5.41, 5.74) is 0.329. The Kier molecular flexibility index (Phi) is 3.70. The Balaban J connectivity index is 1.60. The van der Waals surface area contributed by atoms with Crippen molar-refractivity contribution in [2.75, 3.05) is 13.1 Å². The SMILES string of the molecule is O=C(NC1CCNCC1)C1CC1c1cccc(F)c1F. The monoisotopic (exact) mass is 280 g/mol. The van der Waals surface area contributed by atoms with Crippen LogP contribution in [0.15, 0.2) is 18.2 Å². The highest BCUT2D eigenvalue weighted by molar-refractivity contribution is 5.83. The van der Waals surface area contributed by atoms with Crippen molar-refractivity contribution in [3.05, 3.63) is 35.4 Å². The van der Waals surface area contributed by atoms with E-state index in [0.717, 1.165) is 32.0 Å². The second-order valence-corrected chi connectivity index (χ2v) is 5.62. The maximum atomic E-state index is 13.7. The molecule has 2 atom stereocenters. The number of benzene rings is 1. The molecule has 0 radical (unpaired) electrons. The van der Waals surface area contributed by atoms with Crippen molar-refractivity contribution >= 4 is 5.91 Å². The van der Waals surface area contributed by atoms with Gasteiger partial charge in [0.15, 0.2) is 11.6 Å². The minimum atomic E-state index is -0.841. The van der Waals surface area contributed by atoms with Crippen molar-refractivity contribution in [1.82, 2.24) is 10.6 Å². The van der Waals surface area contributed by atoms with E-state index in [2.05, 4.69) is 10.6 Å². The minimum absolute atomic E-state index is 0.0226. The lowest BCUT2D eigenvalue weighted by Crippen LogP contribution is -2.43. The van der Waals surface area contributed by atoms with E-state index in [9.17, 15) is 13.6 Å². The Morgan fingerprint density at radius 1 is 1.25 bits per heavy atom. The maximum absolute atomic E-state index is 13.7. The van der Waals surface area contributed by atoms with Crippen LogP contribution in [0.3, 0.4) is 0 Å². The number of amides is 1. The lowest BCUT2D eigenvalue weighted by Gasteiger charge is -2.23. The average Bonchev–Trinajstić information content (AvgIpc) is 3.23. The molecule has 108 valence electrons. The van der Waals surface area contributed by atoms with Gasteiger partial charge in [-0.1, -0.05) is 12.1 Å². The molecule has 3 nitrogen and oxygen atoms in total. The molecular formula is C15H18F2N2O. The summed E-state index contributed by atoms with van der Waals surface area (Å²) < 4.78 is 26.9. The van der Waals surface area contributed by atoms with E-state index < -0.39 is 11.6 Å². The molecule has 1 aromatic rings. The molecule has 2 unspecified atom stereocenters. The molecule has 2 N–H and O–H groups in total. The molecule has 2 fully saturated rings. The van der Waals surface area contributed by atoms with Gasteiger partial charge in [-0.3, -0.25) is 4.79 Å². The normalized spacial score (nSPS) is 26.3. The molecule has 3 rings (SSSR count). The average molecular weight is 280 g/mol. The van der Waals surface area contributed by atoms with Crippen LogP contribution < -0.4 is 10.6 Å². The summed E-state index contributed by atoms with van der Waals surface area (Å²) in [7, 11) is 0. The highest BCUT2D eigenvalue weighted by Crippen LogP contribution is 2.48. The first-order valence-corrected chi connectivity index (χ1v) is 7.12. The van der Waals surface area contributed by atoms with Gasteiger partial charge in [0.25, 0.3) is 0 Å². The molecule has 20 heavy (non-hydrogen) atoms. The number of hydrogen-bond acceptors (Lipinski definition) is 2. The molecule has 2 aliphatic rings. The third kappa shape index (κ3) is 2.68. The van der Waals surface area contributed by atoms with Crippen LogP contribution in [0, 0.1) is 17.6 Å². The zero-order chi connectivity index (χ0) is 14.1. The van der Waals surface area contributed by atoms with Crippen LogP contribution in [0.5, 0.6) is 0 Å². The number of carbonyl (C=O) groups excluding carboxylic acids is 1. The molecule has 1 aliphatic carbocycles. The molecule has 1 amide bonds. The highest BCUT2D eigenvalue weighted by atomic mass is 19.2. The number of halogens is 2. The van der Waals surface area contributed by atoms with Crippen LogP contribution >= 0.6 is 0 Å². The van der Waals surface area contributed by atoms with Crippen molar-refractivity contribution in [1.29, 1.82) is 0 Å². The number of nitrogens with one attached hydrogen (secondary N) is 2. The van der Waals surface area contributed by atoms with Crippen LogP contribution in [0.4, 0.5) is 8.78 Å². The second kappa shape index (κ2) is 5.48. The van der Waals surface area contributed by atoms with Gasteiger partial charge in [-0.15, -0.1) is 0 Å². The predicted molar refractivity (Wildman–Crippen MR) is 71.2 cm³/mol. The second-order valence-electron chi connectivity index (χ2n) is 5.62. The predicted octanol–water partition coefficient (Wildman–Crippen LogP) is 1.94. The molecule has 5 heteroatoms. The van der Waals surface area contributed by atoms with Gasteiger partial charge in [-0.2, -0.15) is 0 Å². The fourth-order valence-corrected chi connectivity index (χ4v) is 2.91. The number of carbonyl (C=O) groups is 1. The summed E-state index contributed by atoms with van der Waals surface area (Å²) in [5.74, 6) is -2.05. The quantitative estimate of drug-likeness (QED) is 0.888. The Bertz CT molecular complexity index is 515. The van der Waals surface area contributed by atoms with Crippen LogP contribution in [0.25, 0.3) is 0 Å². The summed E-state index contributed by atoms with van der Waals surface area (Å²) in [6.07, 6.45) is 2.46. The zero-order valence-electron chi connectivity index (χ0n) is 11.2. The van der Waals surface area contributed by atoms with Gasteiger partial charge in [-0.05, 0) is 49.9 Å². The summed E-state index contributed by atoms with van der Waals surface area (Å²) in [6.45, 7) is 1.83. The first-order valence-electron chi connectivity index (χ1n) is 7.12. The van der Waals surface area contributed by atoms with Gasteiger partial charge in [0, 0.05) is 12.0 Å². The fraction of sp³-hybridized carbons (Fsp3) is 0.533. The van der Waals surface area contributed by atoms with Crippen LogP contribution in [-0.2, 0) is 4.79 Å². The summed E-state index contributed by atoms with van der Waals surface area (Å²) >= 11 is 0. The Hall–Kier alpha value is -1.49. The Morgan fingerprint density at radius 2 is 2.00 bits per heavy atom. The molecule has 1 heterocycles. The molecule has 0 bridgehead atoms. The molecule has 0 aromatic heterocycles. The standard InChI is InChI=1S/C15H18F2N2O/c16-13-3-1-2-10(14(13)17)11-8-12(11)15(20)19-9-4-6-18-7-5-9/h1-3,9,11-12,18H,4-8H2,(H,19,20). The minimum Gasteiger partial charge on any atom is -0.353 e. The van der Waals surface area contributed by atoms with Crippen molar-refractivity contribution in [2.45, 2.75) is 31.2 Å². The Morgan fingerprint density at radius 3 is 2.75 bits per heavy atom. The van der Waals surface area contributed by atoms with Crippen molar-refractivity contribution in [3.63, 3.8) is 0 Å². The van der Waals surface area contributed by atoms with Gasteiger partial charge in [0.1, 0.15) is 0 Å². The van der Waals surface area contributed by atoms with Crippen LogP contribution in [-0.4, -0.2) is 25.0 Å². The van der Waals surface area contributed by atoms with E-state index in [0.29, 0.717) is 12.0 Å². The van der Waals surface area contributed by atoms with Gasteiger partial charge in [0.05, 0.1) is 0 Å². The fourth-order valence-electron chi connectivity index (χ4n) is 2.91. The summed E-state index contributed by atoms with van der Waals surface area (Å²) in [4.78, 5) is 12.1. The van der Waals surface area contributed by atoms with Gasteiger partial charge in [0.2, 0.25) is 5.91 Å².